The Morgan fingerprint density at radius 2 is 2.33 bits per heavy atom. The highest BCUT2D eigenvalue weighted by Gasteiger charge is 2.26. The molecule has 0 spiro atoms. The molecule has 1 atom stereocenters. The third-order valence-corrected chi connectivity index (χ3v) is 3.75. The lowest BCUT2D eigenvalue weighted by Gasteiger charge is -2.42. The molecule has 2 aliphatic rings. The van der Waals surface area contributed by atoms with Crippen LogP contribution in [-0.4, -0.2) is 19.1 Å². The van der Waals surface area contributed by atoms with Crippen LogP contribution in [0.2, 0.25) is 0 Å². The van der Waals surface area contributed by atoms with E-state index in [2.05, 4.69) is 35.3 Å². The highest BCUT2D eigenvalue weighted by molar-refractivity contribution is 5.59. The number of nitrogens with zero attached hydrogens (tertiary/aromatic N) is 1. The number of benzene rings is 1. The second-order valence-corrected chi connectivity index (χ2v) is 4.67. The molecule has 15 heavy (non-hydrogen) atoms. The highest BCUT2D eigenvalue weighted by atomic mass is 15.2. The van der Waals surface area contributed by atoms with Crippen molar-refractivity contribution in [1.29, 1.82) is 0 Å². The summed E-state index contributed by atoms with van der Waals surface area (Å²) in [6.07, 6.45) is 2.53. The van der Waals surface area contributed by atoms with Crippen molar-refractivity contribution in [3.8, 4) is 0 Å². The van der Waals surface area contributed by atoms with Crippen LogP contribution in [0.25, 0.3) is 0 Å². The fraction of sp³-hybridized carbons (Fsp3) is 0.538. The van der Waals surface area contributed by atoms with Gasteiger partial charge in [-0.2, -0.15) is 0 Å². The average molecular weight is 202 g/mol. The van der Waals surface area contributed by atoms with Crippen LogP contribution >= 0.6 is 0 Å². The summed E-state index contributed by atoms with van der Waals surface area (Å²) in [4.78, 5) is 2.53. The number of hydrogen-bond acceptors (Lipinski definition) is 2. The Bertz CT molecular complexity index is 373. The molecule has 1 aromatic carbocycles. The van der Waals surface area contributed by atoms with E-state index >= 15 is 0 Å². The van der Waals surface area contributed by atoms with E-state index < -0.39 is 0 Å². The Hall–Kier alpha value is -1.02. The first kappa shape index (κ1) is 9.22. The van der Waals surface area contributed by atoms with Gasteiger partial charge in [0, 0.05) is 24.8 Å². The second-order valence-electron chi connectivity index (χ2n) is 4.67. The normalized spacial score (nSPS) is 24.6. The topological polar surface area (TPSA) is 15.3 Å². The van der Waals surface area contributed by atoms with Crippen LogP contribution < -0.4 is 10.2 Å². The average Bonchev–Trinajstić information content (AvgIpc) is 2.28. The SMILES string of the molecule is CC1CCN1c1cccc2c1CNCC2. The number of fused-ring (bicyclic) bond motifs is 1. The smallest absolute Gasteiger partial charge is 0.0417 e. The number of rotatable bonds is 1. The Labute approximate surface area is 91.3 Å². The van der Waals surface area contributed by atoms with Gasteiger partial charge in [0.25, 0.3) is 0 Å². The van der Waals surface area contributed by atoms with E-state index in [1.807, 2.05) is 0 Å². The molecule has 1 N–H and O–H groups in total. The molecular weight excluding hydrogens is 184 g/mol. The Kier molecular flexibility index (Phi) is 2.17. The molecule has 80 valence electrons. The van der Waals surface area contributed by atoms with Gasteiger partial charge in [0.15, 0.2) is 0 Å². The third-order valence-electron chi connectivity index (χ3n) is 3.75. The summed E-state index contributed by atoms with van der Waals surface area (Å²) in [6.45, 7) is 5.73. The first-order chi connectivity index (χ1) is 7.36. The lowest BCUT2D eigenvalue weighted by atomic mass is 9.95. The maximum absolute atomic E-state index is 3.47. The van der Waals surface area contributed by atoms with Gasteiger partial charge in [-0.15, -0.1) is 0 Å². The Morgan fingerprint density at radius 1 is 1.40 bits per heavy atom. The van der Waals surface area contributed by atoms with Crippen molar-refractivity contribution in [3.63, 3.8) is 0 Å². The summed E-state index contributed by atoms with van der Waals surface area (Å²) in [7, 11) is 0. The zero-order chi connectivity index (χ0) is 10.3. The summed E-state index contributed by atoms with van der Waals surface area (Å²) >= 11 is 0. The van der Waals surface area contributed by atoms with E-state index in [9.17, 15) is 0 Å². The van der Waals surface area contributed by atoms with E-state index in [0.717, 1.165) is 19.1 Å². The standard InChI is InChI=1S/C13H18N2/c1-10-6-8-15(10)13-4-2-3-11-5-7-14-9-12(11)13/h2-4,10,14H,5-9H2,1H3. The molecule has 2 aliphatic heterocycles. The van der Waals surface area contributed by atoms with Crippen molar-refractivity contribution < 1.29 is 0 Å². The molecule has 2 nitrogen and oxygen atoms in total. The minimum Gasteiger partial charge on any atom is -0.368 e. The van der Waals surface area contributed by atoms with Crippen molar-refractivity contribution in [1.82, 2.24) is 5.32 Å². The van der Waals surface area contributed by atoms with Crippen molar-refractivity contribution in [2.45, 2.75) is 32.4 Å². The molecule has 1 fully saturated rings. The van der Waals surface area contributed by atoms with Crippen molar-refractivity contribution in [2.75, 3.05) is 18.0 Å². The van der Waals surface area contributed by atoms with E-state index in [1.165, 1.54) is 30.6 Å². The first-order valence-corrected chi connectivity index (χ1v) is 5.94. The van der Waals surface area contributed by atoms with Gasteiger partial charge in [0.2, 0.25) is 0 Å². The van der Waals surface area contributed by atoms with Crippen LogP contribution in [0.3, 0.4) is 0 Å². The van der Waals surface area contributed by atoms with Gasteiger partial charge in [0.05, 0.1) is 0 Å². The van der Waals surface area contributed by atoms with E-state index in [4.69, 9.17) is 0 Å². The Balaban J connectivity index is 2.00. The van der Waals surface area contributed by atoms with Crippen LogP contribution in [0.5, 0.6) is 0 Å². The predicted molar refractivity (Wildman–Crippen MR) is 63.3 cm³/mol. The lowest BCUT2D eigenvalue weighted by molar-refractivity contribution is 0.477. The minimum atomic E-state index is 0.735. The van der Waals surface area contributed by atoms with Crippen molar-refractivity contribution in [2.24, 2.45) is 0 Å². The largest absolute Gasteiger partial charge is 0.368 e. The summed E-state index contributed by atoms with van der Waals surface area (Å²) in [5.41, 5.74) is 4.55. The fourth-order valence-electron chi connectivity index (χ4n) is 2.64. The van der Waals surface area contributed by atoms with Crippen LogP contribution in [0, 0.1) is 0 Å². The molecule has 0 aromatic heterocycles. The van der Waals surface area contributed by atoms with Gasteiger partial charge in [-0.25, -0.2) is 0 Å². The molecule has 1 unspecified atom stereocenters. The zero-order valence-electron chi connectivity index (χ0n) is 9.29. The minimum absolute atomic E-state index is 0.735. The van der Waals surface area contributed by atoms with Crippen LogP contribution in [0.1, 0.15) is 24.5 Å². The van der Waals surface area contributed by atoms with Gasteiger partial charge in [0.1, 0.15) is 0 Å². The summed E-state index contributed by atoms with van der Waals surface area (Å²) in [5, 5.41) is 3.47. The van der Waals surface area contributed by atoms with Crippen molar-refractivity contribution >= 4 is 5.69 Å². The number of nitrogens with one attached hydrogen (secondary N) is 1. The van der Waals surface area contributed by atoms with Gasteiger partial charge in [-0.1, -0.05) is 12.1 Å². The quantitative estimate of drug-likeness (QED) is 0.748. The maximum atomic E-state index is 3.47. The highest BCUT2D eigenvalue weighted by Crippen LogP contribution is 2.32. The summed E-state index contributed by atoms with van der Waals surface area (Å²) in [5.74, 6) is 0. The van der Waals surface area contributed by atoms with Crippen LogP contribution in [0.15, 0.2) is 18.2 Å². The number of hydrogen-bond donors (Lipinski definition) is 1. The van der Waals surface area contributed by atoms with Gasteiger partial charge >= 0.3 is 0 Å². The molecule has 1 saturated heterocycles. The van der Waals surface area contributed by atoms with Crippen molar-refractivity contribution in [3.05, 3.63) is 29.3 Å². The first-order valence-electron chi connectivity index (χ1n) is 5.94. The van der Waals surface area contributed by atoms with Crippen LogP contribution in [0.4, 0.5) is 5.69 Å². The number of anilines is 1. The van der Waals surface area contributed by atoms with E-state index in [-0.39, 0.29) is 0 Å². The molecule has 0 aliphatic carbocycles. The molecule has 0 saturated carbocycles. The van der Waals surface area contributed by atoms with E-state index in [0.29, 0.717) is 0 Å². The zero-order valence-corrected chi connectivity index (χ0v) is 9.29. The second kappa shape index (κ2) is 3.53. The molecule has 2 heterocycles. The monoisotopic (exact) mass is 202 g/mol. The summed E-state index contributed by atoms with van der Waals surface area (Å²) < 4.78 is 0. The summed E-state index contributed by atoms with van der Waals surface area (Å²) in [6, 6.07) is 7.51. The molecular formula is C13H18N2. The Morgan fingerprint density at radius 3 is 3.07 bits per heavy atom. The van der Waals surface area contributed by atoms with Gasteiger partial charge in [-0.3, -0.25) is 0 Å². The van der Waals surface area contributed by atoms with Gasteiger partial charge < -0.3 is 10.2 Å². The van der Waals surface area contributed by atoms with Crippen LogP contribution in [-0.2, 0) is 13.0 Å². The molecule has 2 heteroatoms. The van der Waals surface area contributed by atoms with Gasteiger partial charge in [-0.05, 0) is 43.5 Å². The fourth-order valence-corrected chi connectivity index (χ4v) is 2.64. The molecule has 3 rings (SSSR count). The molecule has 0 amide bonds. The third kappa shape index (κ3) is 1.44. The molecule has 0 bridgehead atoms. The molecule has 1 aromatic rings. The maximum Gasteiger partial charge on any atom is 0.0417 e. The molecule has 0 radical (unpaired) electrons. The van der Waals surface area contributed by atoms with E-state index in [1.54, 1.807) is 5.56 Å². The lowest BCUT2D eigenvalue weighted by Crippen LogP contribution is -2.46. The predicted octanol–water partition coefficient (Wildman–Crippen LogP) is 1.93.